The van der Waals surface area contributed by atoms with E-state index in [2.05, 4.69) is 15.6 Å². The standard InChI is InChI=1S/C27H25N3O5/c31-24(11-6-12-25(32)33)30-23(15-17-7-2-1-3-8-17)27(35)28-18-13-14-22-20(16-18)26(34)19-9-4-5-10-21(19)29-22/h1-5,7-10,13-14,16,23H,6,11-12,15H2,(H,28,35)(H,29,34)(H,30,31)(H,32,33). The SMILES string of the molecule is O=C(O)CCCC(=O)NC(Cc1ccccc1)C(=O)Nc1ccc2[nH]c3ccccc3c(=O)c2c1. The lowest BCUT2D eigenvalue weighted by molar-refractivity contribution is -0.137. The fourth-order valence-corrected chi connectivity index (χ4v) is 3.95. The topological polar surface area (TPSA) is 128 Å². The number of carboxylic acids is 1. The molecule has 0 aliphatic heterocycles. The zero-order valence-electron chi connectivity index (χ0n) is 18.9. The average molecular weight is 472 g/mol. The van der Waals surface area contributed by atoms with Gasteiger partial charge < -0.3 is 20.7 Å². The smallest absolute Gasteiger partial charge is 0.303 e. The van der Waals surface area contributed by atoms with Gasteiger partial charge in [0.25, 0.3) is 0 Å². The Balaban J connectivity index is 1.55. The first-order valence-corrected chi connectivity index (χ1v) is 11.3. The number of benzene rings is 3. The van der Waals surface area contributed by atoms with Crippen LogP contribution in [0.5, 0.6) is 0 Å². The highest BCUT2D eigenvalue weighted by molar-refractivity contribution is 6.00. The molecule has 0 aliphatic carbocycles. The Morgan fingerprint density at radius 3 is 2.34 bits per heavy atom. The van der Waals surface area contributed by atoms with Crippen molar-refractivity contribution in [2.45, 2.75) is 31.7 Å². The number of amides is 2. The zero-order valence-corrected chi connectivity index (χ0v) is 18.9. The molecule has 0 radical (unpaired) electrons. The molecule has 1 heterocycles. The molecule has 4 rings (SSSR count). The second-order valence-electron chi connectivity index (χ2n) is 8.31. The lowest BCUT2D eigenvalue weighted by Gasteiger charge is -2.19. The minimum atomic E-state index is -0.976. The number of aliphatic carboxylic acids is 1. The maximum atomic E-state index is 13.2. The van der Waals surface area contributed by atoms with E-state index in [0.29, 0.717) is 22.0 Å². The Labute approximate surface area is 201 Å². The van der Waals surface area contributed by atoms with E-state index < -0.39 is 23.8 Å². The van der Waals surface area contributed by atoms with E-state index in [1.807, 2.05) is 42.5 Å². The lowest BCUT2D eigenvalue weighted by atomic mass is 10.0. The summed E-state index contributed by atoms with van der Waals surface area (Å²) in [6, 6.07) is 20.7. The maximum Gasteiger partial charge on any atom is 0.303 e. The molecule has 178 valence electrons. The Hall–Kier alpha value is -4.46. The van der Waals surface area contributed by atoms with Crippen molar-refractivity contribution in [2.24, 2.45) is 0 Å². The predicted octanol–water partition coefficient (Wildman–Crippen LogP) is 3.60. The summed E-state index contributed by atoms with van der Waals surface area (Å²) in [6.45, 7) is 0. The fraction of sp³-hybridized carbons (Fsp3) is 0.185. The summed E-state index contributed by atoms with van der Waals surface area (Å²) in [5, 5.41) is 15.3. The number of rotatable bonds is 9. The molecular weight excluding hydrogens is 446 g/mol. The van der Waals surface area contributed by atoms with Crippen LogP contribution >= 0.6 is 0 Å². The van der Waals surface area contributed by atoms with Gasteiger partial charge in [0.2, 0.25) is 11.8 Å². The quantitative estimate of drug-likeness (QED) is 0.277. The molecular formula is C27H25N3O5. The van der Waals surface area contributed by atoms with Crippen LogP contribution in [0.1, 0.15) is 24.8 Å². The number of carboxylic acid groups (broad SMARTS) is 1. The number of aromatic nitrogens is 1. The number of hydrogen-bond acceptors (Lipinski definition) is 4. The third kappa shape index (κ3) is 5.92. The number of hydrogen-bond donors (Lipinski definition) is 4. The molecule has 4 N–H and O–H groups in total. The van der Waals surface area contributed by atoms with Crippen LogP contribution in [0.15, 0.2) is 77.6 Å². The molecule has 8 nitrogen and oxygen atoms in total. The van der Waals surface area contributed by atoms with E-state index in [4.69, 9.17) is 5.11 Å². The summed E-state index contributed by atoms with van der Waals surface area (Å²) in [5.41, 5.74) is 2.54. The van der Waals surface area contributed by atoms with E-state index in [0.717, 1.165) is 11.1 Å². The molecule has 0 spiro atoms. The highest BCUT2D eigenvalue weighted by Crippen LogP contribution is 2.19. The number of anilines is 1. The molecule has 35 heavy (non-hydrogen) atoms. The number of pyridine rings is 1. The Morgan fingerprint density at radius 1 is 0.857 bits per heavy atom. The number of H-pyrrole nitrogens is 1. The van der Waals surface area contributed by atoms with E-state index >= 15 is 0 Å². The van der Waals surface area contributed by atoms with Gasteiger partial charge in [0.05, 0.1) is 0 Å². The van der Waals surface area contributed by atoms with Crippen LogP contribution in [0.2, 0.25) is 0 Å². The molecule has 0 aliphatic rings. The predicted molar refractivity (Wildman–Crippen MR) is 134 cm³/mol. The minimum Gasteiger partial charge on any atom is -0.481 e. The van der Waals surface area contributed by atoms with Crippen molar-refractivity contribution >= 4 is 45.3 Å². The number of fused-ring (bicyclic) bond motifs is 2. The fourth-order valence-electron chi connectivity index (χ4n) is 3.95. The van der Waals surface area contributed by atoms with Gasteiger partial charge in [0.15, 0.2) is 5.43 Å². The van der Waals surface area contributed by atoms with Crippen molar-refractivity contribution < 1.29 is 19.5 Å². The van der Waals surface area contributed by atoms with Crippen LogP contribution in [0.4, 0.5) is 5.69 Å². The Bertz CT molecular complexity index is 1450. The van der Waals surface area contributed by atoms with Crippen LogP contribution in [-0.4, -0.2) is 33.9 Å². The Kier molecular flexibility index (Phi) is 7.21. The van der Waals surface area contributed by atoms with Gasteiger partial charge in [0.1, 0.15) is 6.04 Å². The Morgan fingerprint density at radius 2 is 1.57 bits per heavy atom. The number of carbonyl (C=O) groups is 3. The summed E-state index contributed by atoms with van der Waals surface area (Å²) in [6.07, 6.45) is 0.324. The molecule has 1 unspecified atom stereocenters. The van der Waals surface area contributed by atoms with Gasteiger partial charge in [-0.25, -0.2) is 0 Å². The molecule has 0 saturated heterocycles. The third-order valence-corrected chi connectivity index (χ3v) is 5.70. The van der Waals surface area contributed by atoms with Gasteiger partial charge >= 0.3 is 5.97 Å². The summed E-state index contributed by atoms with van der Waals surface area (Å²) < 4.78 is 0. The van der Waals surface area contributed by atoms with Crippen molar-refractivity contribution in [1.29, 1.82) is 0 Å². The van der Waals surface area contributed by atoms with Gasteiger partial charge in [-0.1, -0.05) is 42.5 Å². The molecule has 8 heteroatoms. The molecule has 1 aromatic heterocycles. The van der Waals surface area contributed by atoms with Gasteiger partial charge in [-0.2, -0.15) is 0 Å². The maximum absolute atomic E-state index is 13.2. The van der Waals surface area contributed by atoms with E-state index in [1.165, 1.54) is 0 Å². The first-order chi connectivity index (χ1) is 16.9. The monoisotopic (exact) mass is 471 g/mol. The molecule has 4 aromatic rings. The summed E-state index contributed by atoms with van der Waals surface area (Å²) >= 11 is 0. The largest absolute Gasteiger partial charge is 0.481 e. The van der Waals surface area contributed by atoms with Gasteiger partial charge in [-0.15, -0.1) is 0 Å². The third-order valence-electron chi connectivity index (χ3n) is 5.70. The first-order valence-electron chi connectivity index (χ1n) is 11.3. The number of carbonyl (C=O) groups excluding carboxylic acids is 2. The average Bonchev–Trinajstić information content (AvgIpc) is 2.84. The first kappa shape index (κ1) is 23.7. The molecule has 0 bridgehead atoms. The molecule has 2 amide bonds. The van der Waals surface area contributed by atoms with Crippen LogP contribution in [0, 0.1) is 0 Å². The molecule has 0 fully saturated rings. The van der Waals surface area contributed by atoms with Crippen molar-refractivity contribution in [3.63, 3.8) is 0 Å². The second-order valence-corrected chi connectivity index (χ2v) is 8.31. The van der Waals surface area contributed by atoms with E-state index in [9.17, 15) is 19.2 Å². The van der Waals surface area contributed by atoms with Gasteiger partial charge in [-0.3, -0.25) is 19.2 Å². The van der Waals surface area contributed by atoms with Crippen LogP contribution < -0.4 is 16.1 Å². The van der Waals surface area contributed by atoms with Crippen molar-refractivity contribution in [2.75, 3.05) is 5.32 Å². The highest BCUT2D eigenvalue weighted by atomic mass is 16.4. The highest BCUT2D eigenvalue weighted by Gasteiger charge is 2.22. The minimum absolute atomic E-state index is 0.00327. The van der Waals surface area contributed by atoms with Gasteiger partial charge in [0, 0.05) is 46.8 Å². The summed E-state index contributed by atoms with van der Waals surface area (Å²) in [4.78, 5) is 52.5. The number of para-hydroxylation sites is 1. The van der Waals surface area contributed by atoms with Crippen LogP contribution in [0.3, 0.4) is 0 Å². The van der Waals surface area contributed by atoms with E-state index in [1.54, 1.807) is 30.3 Å². The van der Waals surface area contributed by atoms with Crippen LogP contribution in [0.25, 0.3) is 21.8 Å². The summed E-state index contributed by atoms with van der Waals surface area (Å²) in [7, 11) is 0. The lowest BCUT2D eigenvalue weighted by Crippen LogP contribution is -2.45. The molecule has 0 saturated carbocycles. The second kappa shape index (κ2) is 10.6. The number of aromatic amines is 1. The van der Waals surface area contributed by atoms with Gasteiger partial charge in [-0.05, 0) is 42.3 Å². The van der Waals surface area contributed by atoms with E-state index in [-0.39, 0.29) is 31.1 Å². The van der Waals surface area contributed by atoms with Crippen molar-refractivity contribution in [3.8, 4) is 0 Å². The zero-order chi connectivity index (χ0) is 24.8. The number of nitrogens with one attached hydrogen (secondary N) is 3. The molecule has 1 atom stereocenters. The van der Waals surface area contributed by atoms with Crippen LogP contribution in [-0.2, 0) is 20.8 Å². The van der Waals surface area contributed by atoms with Crippen molar-refractivity contribution in [1.82, 2.24) is 10.3 Å². The normalized spacial score (nSPS) is 11.8. The summed E-state index contributed by atoms with van der Waals surface area (Å²) in [5.74, 6) is -1.81. The molecule has 3 aromatic carbocycles. The van der Waals surface area contributed by atoms with Crippen molar-refractivity contribution in [3.05, 3.63) is 88.6 Å².